The maximum atomic E-state index is 12.1. The third-order valence-electron chi connectivity index (χ3n) is 3.76. The summed E-state index contributed by atoms with van der Waals surface area (Å²) in [5.41, 5.74) is 0.887. The molecule has 2 aromatic rings. The molecule has 0 heterocycles. The van der Waals surface area contributed by atoms with Gasteiger partial charge < -0.3 is 24.8 Å². The molecule has 0 aliphatic heterocycles. The molecule has 28 heavy (non-hydrogen) atoms. The first-order valence-electron chi connectivity index (χ1n) is 8.49. The third kappa shape index (κ3) is 6.01. The van der Waals surface area contributed by atoms with Crippen molar-refractivity contribution in [1.82, 2.24) is 5.32 Å². The number of amides is 2. The summed E-state index contributed by atoms with van der Waals surface area (Å²) < 4.78 is 15.1. The number of anilines is 1. The molecule has 0 spiro atoms. The standard InChI is InChI=1S/C20H22N2O6/c1-13(19(24)22-15-5-4-6-17(11-15)27-3)28-18(23)12-21-20(25)14-7-9-16(26-2)10-8-14/h4-11,13H,12H2,1-3H3,(H,21,25)(H,22,24)/t13-/m1/s1. The van der Waals surface area contributed by atoms with Crippen LogP contribution in [0.3, 0.4) is 0 Å². The van der Waals surface area contributed by atoms with Crippen molar-refractivity contribution in [2.24, 2.45) is 0 Å². The minimum absolute atomic E-state index is 0.359. The van der Waals surface area contributed by atoms with Crippen molar-refractivity contribution in [3.63, 3.8) is 0 Å². The van der Waals surface area contributed by atoms with Gasteiger partial charge >= 0.3 is 5.97 Å². The van der Waals surface area contributed by atoms with Crippen LogP contribution in [-0.2, 0) is 14.3 Å². The fraction of sp³-hybridized carbons (Fsp3) is 0.250. The first kappa shape index (κ1) is 20.8. The SMILES string of the molecule is COc1ccc(C(=O)NCC(=O)O[C@H](C)C(=O)Nc2cccc(OC)c2)cc1. The van der Waals surface area contributed by atoms with Gasteiger partial charge in [-0.05, 0) is 43.3 Å². The van der Waals surface area contributed by atoms with Gasteiger partial charge in [0.25, 0.3) is 11.8 Å². The molecule has 2 amide bonds. The predicted octanol–water partition coefficient (Wildman–Crippen LogP) is 2.00. The molecule has 2 rings (SSSR count). The minimum atomic E-state index is -1.03. The molecule has 0 saturated heterocycles. The van der Waals surface area contributed by atoms with Crippen molar-refractivity contribution in [3.05, 3.63) is 54.1 Å². The first-order chi connectivity index (χ1) is 13.4. The number of ether oxygens (including phenoxy) is 3. The fourth-order valence-electron chi connectivity index (χ4n) is 2.23. The van der Waals surface area contributed by atoms with Crippen LogP contribution in [0.4, 0.5) is 5.69 Å². The summed E-state index contributed by atoms with van der Waals surface area (Å²) in [6.45, 7) is 1.08. The molecular weight excluding hydrogens is 364 g/mol. The summed E-state index contributed by atoms with van der Waals surface area (Å²) in [7, 11) is 3.04. The lowest BCUT2D eigenvalue weighted by molar-refractivity contribution is -0.152. The van der Waals surface area contributed by atoms with Crippen molar-refractivity contribution in [1.29, 1.82) is 0 Å². The topological polar surface area (TPSA) is 103 Å². The Balaban J connectivity index is 1.80. The summed E-state index contributed by atoms with van der Waals surface area (Å²) in [4.78, 5) is 36.0. The average molecular weight is 386 g/mol. The normalized spacial score (nSPS) is 11.1. The van der Waals surface area contributed by atoms with Crippen molar-refractivity contribution in [3.8, 4) is 11.5 Å². The molecule has 148 valence electrons. The summed E-state index contributed by atoms with van der Waals surface area (Å²) >= 11 is 0. The zero-order valence-corrected chi connectivity index (χ0v) is 15.9. The van der Waals surface area contributed by atoms with Crippen LogP contribution in [0.15, 0.2) is 48.5 Å². The van der Waals surface area contributed by atoms with Crippen LogP contribution in [0, 0.1) is 0 Å². The second kappa shape index (κ2) is 9.96. The van der Waals surface area contributed by atoms with E-state index >= 15 is 0 Å². The van der Waals surface area contributed by atoms with Crippen LogP contribution in [-0.4, -0.2) is 44.7 Å². The Bertz CT molecular complexity index is 835. The summed E-state index contributed by atoms with van der Waals surface area (Å²) in [5, 5.41) is 5.07. The number of carbonyl (C=O) groups excluding carboxylic acids is 3. The maximum absolute atomic E-state index is 12.1. The number of rotatable bonds is 8. The van der Waals surface area contributed by atoms with Crippen LogP contribution in [0.25, 0.3) is 0 Å². The number of hydrogen-bond acceptors (Lipinski definition) is 6. The van der Waals surface area contributed by atoms with Gasteiger partial charge in [0.1, 0.15) is 18.0 Å². The second-order valence-electron chi connectivity index (χ2n) is 5.76. The Kier molecular flexibility index (Phi) is 7.38. The van der Waals surface area contributed by atoms with Gasteiger partial charge in [0.05, 0.1) is 14.2 Å². The molecule has 2 N–H and O–H groups in total. The van der Waals surface area contributed by atoms with Crippen molar-refractivity contribution in [2.75, 3.05) is 26.1 Å². The van der Waals surface area contributed by atoms with E-state index in [0.29, 0.717) is 22.7 Å². The maximum Gasteiger partial charge on any atom is 0.326 e. The van der Waals surface area contributed by atoms with E-state index in [-0.39, 0.29) is 6.54 Å². The Hall–Kier alpha value is -3.55. The first-order valence-corrected chi connectivity index (χ1v) is 8.49. The van der Waals surface area contributed by atoms with Crippen LogP contribution in [0.5, 0.6) is 11.5 Å². The highest BCUT2D eigenvalue weighted by molar-refractivity contribution is 5.97. The van der Waals surface area contributed by atoms with Crippen LogP contribution >= 0.6 is 0 Å². The van der Waals surface area contributed by atoms with Gasteiger partial charge in [0, 0.05) is 17.3 Å². The quantitative estimate of drug-likeness (QED) is 0.673. The molecule has 8 nitrogen and oxygen atoms in total. The van der Waals surface area contributed by atoms with Crippen LogP contribution in [0.1, 0.15) is 17.3 Å². The van der Waals surface area contributed by atoms with E-state index in [1.54, 1.807) is 48.5 Å². The average Bonchev–Trinajstić information content (AvgIpc) is 2.72. The summed E-state index contributed by atoms with van der Waals surface area (Å²) in [6, 6.07) is 13.2. The minimum Gasteiger partial charge on any atom is -0.497 e. The van der Waals surface area contributed by atoms with Gasteiger partial charge in [-0.25, -0.2) is 0 Å². The Morgan fingerprint density at radius 1 is 0.964 bits per heavy atom. The monoisotopic (exact) mass is 386 g/mol. The molecule has 8 heteroatoms. The lowest BCUT2D eigenvalue weighted by Gasteiger charge is -2.14. The van der Waals surface area contributed by atoms with Gasteiger partial charge in [0.2, 0.25) is 0 Å². The highest BCUT2D eigenvalue weighted by atomic mass is 16.5. The molecule has 0 radical (unpaired) electrons. The van der Waals surface area contributed by atoms with Gasteiger partial charge in [-0.2, -0.15) is 0 Å². The van der Waals surface area contributed by atoms with Crippen LogP contribution < -0.4 is 20.1 Å². The number of hydrogen-bond donors (Lipinski definition) is 2. The van der Waals surface area contributed by atoms with E-state index in [9.17, 15) is 14.4 Å². The predicted molar refractivity (Wildman–Crippen MR) is 103 cm³/mol. The fourth-order valence-corrected chi connectivity index (χ4v) is 2.23. The Labute approximate surface area is 162 Å². The molecule has 0 saturated carbocycles. The van der Waals surface area contributed by atoms with E-state index < -0.39 is 23.9 Å². The number of esters is 1. The van der Waals surface area contributed by atoms with Crippen molar-refractivity contribution < 1.29 is 28.6 Å². The molecule has 2 aromatic carbocycles. The number of nitrogens with one attached hydrogen (secondary N) is 2. The van der Waals surface area contributed by atoms with Gasteiger partial charge in [-0.1, -0.05) is 6.07 Å². The molecule has 0 unspecified atom stereocenters. The number of benzene rings is 2. The van der Waals surface area contributed by atoms with Gasteiger partial charge in [-0.3, -0.25) is 14.4 Å². The Morgan fingerprint density at radius 3 is 2.29 bits per heavy atom. The smallest absolute Gasteiger partial charge is 0.326 e. The molecule has 1 atom stereocenters. The van der Waals surface area contributed by atoms with Gasteiger partial charge in [0.15, 0.2) is 6.10 Å². The molecular formula is C20H22N2O6. The van der Waals surface area contributed by atoms with E-state index in [4.69, 9.17) is 14.2 Å². The van der Waals surface area contributed by atoms with Crippen molar-refractivity contribution in [2.45, 2.75) is 13.0 Å². The number of carbonyl (C=O) groups is 3. The highest BCUT2D eigenvalue weighted by Crippen LogP contribution is 2.17. The van der Waals surface area contributed by atoms with E-state index in [1.807, 2.05) is 0 Å². The van der Waals surface area contributed by atoms with Crippen molar-refractivity contribution >= 4 is 23.5 Å². The second-order valence-corrected chi connectivity index (χ2v) is 5.76. The highest BCUT2D eigenvalue weighted by Gasteiger charge is 2.18. The lowest BCUT2D eigenvalue weighted by Crippen LogP contribution is -2.35. The molecule has 0 bridgehead atoms. The van der Waals surface area contributed by atoms with E-state index in [0.717, 1.165) is 0 Å². The zero-order valence-electron chi connectivity index (χ0n) is 15.9. The summed E-state index contributed by atoms with van der Waals surface area (Å²) in [5.74, 6) is -0.457. The Morgan fingerprint density at radius 2 is 1.64 bits per heavy atom. The summed E-state index contributed by atoms with van der Waals surface area (Å²) in [6.07, 6.45) is -1.03. The van der Waals surface area contributed by atoms with E-state index in [1.165, 1.54) is 21.1 Å². The zero-order chi connectivity index (χ0) is 20.5. The van der Waals surface area contributed by atoms with Crippen LogP contribution in [0.2, 0.25) is 0 Å². The molecule has 0 fully saturated rings. The molecule has 0 aliphatic carbocycles. The number of methoxy groups -OCH3 is 2. The molecule has 0 aliphatic rings. The van der Waals surface area contributed by atoms with Gasteiger partial charge in [-0.15, -0.1) is 0 Å². The lowest BCUT2D eigenvalue weighted by atomic mass is 10.2. The third-order valence-corrected chi connectivity index (χ3v) is 3.76. The van der Waals surface area contributed by atoms with E-state index in [2.05, 4.69) is 10.6 Å². The molecule has 0 aromatic heterocycles. The largest absolute Gasteiger partial charge is 0.497 e.